The Hall–Kier alpha value is -2.00. The van der Waals surface area contributed by atoms with Crippen molar-refractivity contribution < 1.29 is 9.84 Å². The molecular formula is C18H23NO2. The molecule has 1 N–H and O–H groups in total. The van der Waals surface area contributed by atoms with Crippen LogP contribution in [-0.2, 0) is 12.8 Å². The zero-order chi connectivity index (χ0) is 15.1. The minimum atomic E-state index is 0.318. The summed E-state index contributed by atoms with van der Waals surface area (Å²) in [5.41, 5.74) is 2.53. The second kappa shape index (κ2) is 7.70. The molecule has 2 aromatic rings. The number of hydrogen-bond donors (Lipinski definition) is 1. The maximum absolute atomic E-state index is 9.26. The van der Waals surface area contributed by atoms with Crippen LogP contribution >= 0.6 is 0 Å². The summed E-state index contributed by atoms with van der Waals surface area (Å²) in [6.45, 7) is 1.63. The second-order valence-corrected chi connectivity index (χ2v) is 5.46. The Morgan fingerprint density at radius 2 is 1.38 bits per heavy atom. The molecule has 0 radical (unpaired) electrons. The van der Waals surface area contributed by atoms with E-state index in [1.165, 1.54) is 11.1 Å². The largest absolute Gasteiger partial charge is 0.508 e. The van der Waals surface area contributed by atoms with Gasteiger partial charge in [-0.05, 0) is 62.3 Å². The first kappa shape index (κ1) is 15.4. The highest BCUT2D eigenvalue weighted by Gasteiger charge is 1.99. The maximum Gasteiger partial charge on any atom is 0.119 e. The molecule has 0 aliphatic carbocycles. The highest BCUT2D eigenvalue weighted by molar-refractivity contribution is 5.29. The normalized spacial score (nSPS) is 10.8. The van der Waals surface area contributed by atoms with Crippen LogP contribution < -0.4 is 4.74 Å². The number of aromatic hydroxyl groups is 1. The molecule has 0 fully saturated rings. The third kappa shape index (κ3) is 5.48. The van der Waals surface area contributed by atoms with Gasteiger partial charge in [-0.25, -0.2) is 0 Å². The van der Waals surface area contributed by atoms with Crippen LogP contribution in [0, 0.1) is 0 Å². The zero-order valence-electron chi connectivity index (χ0n) is 12.7. The predicted octanol–water partition coefficient (Wildman–Crippen LogP) is 3.12. The smallest absolute Gasteiger partial charge is 0.119 e. The summed E-state index contributed by atoms with van der Waals surface area (Å²) in [4.78, 5) is 2.10. The van der Waals surface area contributed by atoms with Gasteiger partial charge >= 0.3 is 0 Å². The number of hydrogen-bond acceptors (Lipinski definition) is 3. The lowest BCUT2D eigenvalue weighted by Crippen LogP contribution is -2.19. The molecular weight excluding hydrogens is 262 g/mol. The molecule has 0 atom stereocenters. The molecule has 0 amide bonds. The van der Waals surface area contributed by atoms with Crippen LogP contribution in [-0.4, -0.2) is 37.3 Å². The van der Waals surface area contributed by atoms with Crippen molar-refractivity contribution in [2.45, 2.75) is 12.8 Å². The van der Waals surface area contributed by atoms with Crippen molar-refractivity contribution in [2.24, 2.45) is 0 Å². The van der Waals surface area contributed by atoms with Crippen LogP contribution in [0.15, 0.2) is 48.5 Å². The Morgan fingerprint density at radius 3 is 1.90 bits per heavy atom. The van der Waals surface area contributed by atoms with Crippen LogP contribution in [0.4, 0.5) is 0 Å². The van der Waals surface area contributed by atoms with Gasteiger partial charge in [-0.3, -0.25) is 0 Å². The van der Waals surface area contributed by atoms with E-state index >= 15 is 0 Å². The van der Waals surface area contributed by atoms with Gasteiger partial charge in [0.05, 0.1) is 0 Å². The molecule has 112 valence electrons. The molecule has 0 bridgehead atoms. The lowest BCUT2D eigenvalue weighted by Gasteiger charge is -2.11. The van der Waals surface area contributed by atoms with E-state index < -0.39 is 0 Å². The van der Waals surface area contributed by atoms with Crippen molar-refractivity contribution in [3.63, 3.8) is 0 Å². The minimum Gasteiger partial charge on any atom is -0.508 e. The highest BCUT2D eigenvalue weighted by Crippen LogP contribution is 2.15. The Balaban J connectivity index is 1.80. The van der Waals surface area contributed by atoms with E-state index in [2.05, 4.69) is 17.0 Å². The standard InChI is InChI=1S/C18H23NO2/c1-19(2)13-14-21-18-11-7-16(8-12-18)4-3-15-5-9-17(20)10-6-15/h5-12,20H,3-4,13-14H2,1-2H3. The first-order valence-corrected chi connectivity index (χ1v) is 7.28. The van der Waals surface area contributed by atoms with Crippen molar-refractivity contribution in [3.05, 3.63) is 59.7 Å². The fourth-order valence-corrected chi connectivity index (χ4v) is 2.05. The maximum atomic E-state index is 9.26. The lowest BCUT2D eigenvalue weighted by atomic mass is 10.0. The van der Waals surface area contributed by atoms with Crippen LogP contribution in [0.2, 0.25) is 0 Å². The number of benzene rings is 2. The van der Waals surface area contributed by atoms with Crippen molar-refractivity contribution in [2.75, 3.05) is 27.2 Å². The fraction of sp³-hybridized carbons (Fsp3) is 0.333. The van der Waals surface area contributed by atoms with Crippen LogP contribution in [0.25, 0.3) is 0 Å². The van der Waals surface area contributed by atoms with Gasteiger partial charge in [-0.2, -0.15) is 0 Å². The number of aryl methyl sites for hydroxylation is 2. The molecule has 0 aliphatic rings. The van der Waals surface area contributed by atoms with Crippen molar-refractivity contribution in [1.82, 2.24) is 4.90 Å². The molecule has 0 aromatic heterocycles. The molecule has 0 saturated carbocycles. The van der Waals surface area contributed by atoms with Crippen molar-refractivity contribution in [3.8, 4) is 11.5 Å². The molecule has 0 aliphatic heterocycles. The number of phenols is 1. The molecule has 2 aromatic carbocycles. The number of likely N-dealkylation sites (N-methyl/N-ethyl adjacent to an activating group) is 1. The van der Waals surface area contributed by atoms with Gasteiger partial charge in [0.15, 0.2) is 0 Å². The summed E-state index contributed by atoms with van der Waals surface area (Å²) >= 11 is 0. The molecule has 2 rings (SSSR count). The highest BCUT2D eigenvalue weighted by atomic mass is 16.5. The minimum absolute atomic E-state index is 0.318. The summed E-state index contributed by atoms with van der Waals surface area (Å²) in [6, 6.07) is 15.7. The Labute approximate surface area is 126 Å². The van der Waals surface area contributed by atoms with Crippen molar-refractivity contribution >= 4 is 0 Å². The molecule has 0 heterocycles. The van der Waals surface area contributed by atoms with Crippen LogP contribution in [0.3, 0.4) is 0 Å². The Kier molecular flexibility index (Phi) is 5.64. The number of rotatable bonds is 7. The first-order valence-electron chi connectivity index (χ1n) is 7.28. The summed E-state index contributed by atoms with van der Waals surface area (Å²) in [5.74, 6) is 1.24. The van der Waals surface area contributed by atoms with Crippen molar-refractivity contribution in [1.29, 1.82) is 0 Å². The second-order valence-electron chi connectivity index (χ2n) is 5.46. The summed E-state index contributed by atoms with van der Waals surface area (Å²) in [6.07, 6.45) is 1.96. The van der Waals surface area contributed by atoms with E-state index in [0.29, 0.717) is 12.4 Å². The molecule has 0 spiro atoms. The number of ether oxygens (including phenoxy) is 1. The number of nitrogens with zero attached hydrogens (tertiary/aromatic N) is 1. The van der Waals surface area contributed by atoms with Gasteiger partial charge < -0.3 is 14.7 Å². The van der Waals surface area contributed by atoms with Gasteiger partial charge in [0.2, 0.25) is 0 Å². The van der Waals surface area contributed by atoms with Gasteiger partial charge in [-0.15, -0.1) is 0 Å². The van der Waals surface area contributed by atoms with Gasteiger partial charge in [0.1, 0.15) is 18.1 Å². The summed E-state index contributed by atoms with van der Waals surface area (Å²) in [5, 5.41) is 9.26. The predicted molar refractivity (Wildman–Crippen MR) is 86.0 cm³/mol. The van der Waals surface area contributed by atoms with E-state index in [1.807, 2.05) is 38.4 Å². The SMILES string of the molecule is CN(C)CCOc1ccc(CCc2ccc(O)cc2)cc1. The Bertz CT molecular complexity index is 532. The van der Waals surface area contributed by atoms with E-state index in [4.69, 9.17) is 4.74 Å². The fourth-order valence-electron chi connectivity index (χ4n) is 2.05. The molecule has 0 unspecified atom stereocenters. The monoisotopic (exact) mass is 285 g/mol. The summed E-state index contributed by atoms with van der Waals surface area (Å²) < 4.78 is 5.68. The molecule has 3 heteroatoms. The average molecular weight is 285 g/mol. The van der Waals surface area contributed by atoms with E-state index in [0.717, 1.165) is 25.1 Å². The van der Waals surface area contributed by atoms with Gasteiger partial charge in [-0.1, -0.05) is 24.3 Å². The molecule has 21 heavy (non-hydrogen) atoms. The van der Waals surface area contributed by atoms with E-state index in [9.17, 15) is 5.11 Å². The lowest BCUT2D eigenvalue weighted by molar-refractivity contribution is 0.261. The van der Waals surface area contributed by atoms with Crippen LogP contribution in [0.1, 0.15) is 11.1 Å². The van der Waals surface area contributed by atoms with Gasteiger partial charge in [0.25, 0.3) is 0 Å². The summed E-state index contributed by atoms with van der Waals surface area (Å²) in [7, 11) is 4.07. The third-order valence-electron chi connectivity index (χ3n) is 3.37. The molecule has 3 nitrogen and oxygen atoms in total. The zero-order valence-corrected chi connectivity index (χ0v) is 12.7. The molecule has 0 saturated heterocycles. The topological polar surface area (TPSA) is 32.7 Å². The Morgan fingerprint density at radius 1 is 0.857 bits per heavy atom. The number of phenolic OH excluding ortho intramolecular Hbond substituents is 1. The average Bonchev–Trinajstić information content (AvgIpc) is 2.48. The van der Waals surface area contributed by atoms with Crippen LogP contribution in [0.5, 0.6) is 11.5 Å². The quantitative estimate of drug-likeness (QED) is 0.848. The third-order valence-corrected chi connectivity index (χ3v) is 3.37. The first-order chi connectivity index (χ1) is 10.1. The van der Waals surface area contributed by atoms with E-state index in [1.54, 1.807) is 12.1 Å². The van der Waals surface area contributed by atoms with Gasteiger partial charge in [0, 0.05) is 6.54 Å². The van der Waals surface area contributed by atoms with E-state index in [-0.39, 0.29) is 0 Å².